The lowest BCUT2D eigenvalue weighted by molar-refractivity contribution is -0.0897. The van der Waals surface area contributed by atoms with E-state index in [1.54, 1.807) is 0 Å². The van der Waals surface area contributed by atoms with Gasteiger partial charge in [-0.25, -0.2) is 9.37 Å². The van der Waals surface area contributed by atoms with Gasteiger partial charge in [0.15, 0.2) is 0 Å². The van der Waals surface area contributed by atoms with E-state index in [1.165, 1.54) is 0 Å². The van der Waals surface area contributed by atoms with Crippen molar-refractivity contribution in [2.45, 2.75) is 31.8 Å². The maximum Gasteiger partial charge on any atom is 0.214 e. The van der Waals surface area contributed by atoms with Crippen LogP contribution in [0, 0.1) is 0 Å². The summed E-state index contributed by atoms with van der Waals surface area (Å²) in [5.74, 6) is 0. The Morgan fingerprint density at radius 2 is 2.44 bits per heavy atom. The molecule has 4 nitrogen and oxygen atoms in total. The molecular formula is C13H16FN3O. The Morgan fingerprint density at radius 3 is 3.28 bits per heavy atom. The zero-order chi connectivity index (χ0) is 12.4. The predicted octanol–water partition coefficient (Wildman–Crippen LogP) is 1.90. The van der Waals surface area contributed by atoms with Crippen molar-refractivity contribution in [2.75, 3.05) is 6.61 Å². The molecule has 2 atom stereocenters. The fourth-order valence-corrected chi connectivity index (χ4v) is 2.25. The average molecular weight is 249 g/mol. The first-order valence-electron chi connectivity index (χ1n) is 6.24. The standard InChI is InChI=1S/C13H16FN3O/c14-13-11(4-3-7-18-13)15-8-10-9-17-6-2-1-5-12(17)16-10/h1-2,5-6,9,11,13,15H,3-4,7-8H2. The SMILES string of the molecule is FC1OCCCC1NCc1cn2ccccc2n1. The van der Waals surface area contributed by atoms with Crippen molar-refractivity contribution in [3.05, 3.63) is 36.3 Å². The van der Waals surface area contributed by atoms with Crippen LogP contribution in [0.15, 0.2) is 30.6 Å². The zero-order valence-corrected chi connectivity index (χ0v) is 10.1. The first kappa shape index (κ1) is 11.6. The summed E-state index contributed by atoms with van der Waals surface area (Å²) in [5, 5.41) is 3.17. The molecule has 2 unspecified atom stereocenters. The van der Waals surface area contributed by atoms with E-state index in [1.807, 2.05) is 35.0 Å². The van der Waals surface area contributed by atoms with E-state index in [2.05, 4.69) is 10.3 Å². The van der Waals surface area contributed by atoms with E-state index in [4.69, 9.17) is 4.74 Å². The van der Waals surface area contributed by atoms with Crippen molar-refractivity contribution in [3.63, 3.8) is 0 Å². The molecule has 0 bridgehead atoms. The number of hydrogen-bond acceptors (Lipinski definition) is 3. The first-order chi connectivity index (χ1) is 8.83. The molecule has 0 aromatic carbocycles. The normalized spacial score (nSPS) is 24.5. The van der Waals surface area contributed by atoms with Gasteiger partial charge in [0.05, 0.1) is 18.3 Å². The summed E-state index contributed by atoms with van der Waals surface area (Å²) in [7, 11) is 0. The maximum atomic E-state index is 13.4. The number of halogens is 1. The van der Waals surface area contributed by atoms with Crippen LogP contribution in [0.5, 0.6) is 0 Å². The Bertz CT molecular complexity index is 495. The second kappa shape index (κ2) is 5.04. The van der Waals surface area contributed by atoms with Crippen LogP contribution in [0.3, 0.4) is 0 Å². The van der Waals surface area contributed by atoms with Gasteiger partial charge in [-0.2, -0.15) is 0 Å². The molecule has 1 N–H and O–H groups in total. The number of imidazole rings is 1. The highest BCUT2D eigenvalue weighted by atomic mass is 19.1. The average Bonchev–Trinajstić information content (AvgIpc) is 2.80. The largest absolute Gasteiger partial charge is 0.347 e. The summed E-state index contributed by atoms with van der Waals surface area (Å²) in [6.45, 7) is 1.09. The topological polar surface area (TPSA) is 38.6 Å². The third kappa shape index (κ3) is 2.37. The lowest BCUT2D eigenvalue weighted by Crippen LogP contribution is -2.41. The Kier molecular flexibility index (Phi) is 3.25. The molecule has 0 amide bonds. The second-order valence-corrected chi connectivity index (χ2v) is 4.55. The van der Waals surface area contributed by atoms with Crippen LogP contribution in [0.2, 0.25) is 0 Å². The molecule has 5 heteroatoms. The van der Waals surface area contributed by atoms with E-state index >= 15 is 0 Å². The fraction of sp³-hybridized carbons (Fsp3) is 0.462. The molecule has 1 aliphatic heterocycles. The Morgan fingerprint density at radius 1 is 1.50 bits per heavy atom. The highest BCUT2D eigenvalue weighted by molar-refractivity contribution is 5.39. The van der Waals surface area contributed by atoms with E-state index in [9.17, 15) is 4.39 Å². The van der Waals surface area contributed by atoms with Crippen LogP contribution >= 0.6 is 0 Å². The molecule has 96 valence electrons. The third-order valence-electron chi connectivity index (χ3n) is 3.21. The molecule has 2 aromatic heterocycles. The maximum absolute atomic E-state index is 13.4. The van der Waals surface area contributed by atoms with Gasteiger partial charge in [-0.15, -0.1) is 0 Å². The number of pyridine rings is 1. The van der Waals surface area contributed by atoms with Gasteiger partial charge in [-0.05, 0) is 25.0 Å². The van der Waals surface area contributed by atoms with Gasteiger partial charge in [0.2, 0.25) is 6.36 Å². The molecular weight excluding hydrogens is 233 g/mol. The zero-order valence-electron chi connectivity index (χ0n) is 10.1. The van der Waals surface area contributed by atoms with Crippen molar-refractivity contribution in [1.29, 1.82) is 0 Å². The highest BCUT2D eigenvalue weighted by Gasteiger charge is 2.24. The predicted molar refractivity (Wildman–Crippen MR) is 65.9 cm³/mol. The number of fused-ring (bicyclic) bond motifs is 1. The summed E-state index contributed by atoms with van der Waals surface area (Å²) >= 11 is 0. The van der Waals surface area contributed by atoms with Crippen molar-refractivity contribution in [2.24, 2.45) is 0 Å². The van der Waals surface area contributed by atoms with Crippen molar-refractivity contribution in [3.8, 4) is 0 Å². The van der Waals surface area contributed by atoms with Crippen molar-refractivity contribution >= 4 is 5.65 Å². The molecule has 1 fully saturated rings. The van der Waals surface area contributed by atoms with Gasteiger partial charge in [0.1, 0.15) is 5.65 Å². The molecule has 3 heterocycles. The van der Waals surface area contributed by atoms with Crippen LogP contribution < -0.4 is 5.32 Å². The minimum Gasteiger partial charge on any atom is -0.347 e. The minimum absolute atomic E-state index is 0.219. The summed E-state index contributed by atoms with van der Waals surface area (Å²) in [6, 6.07) is 5.64. The van der Waals surface area contributed by atoms with Gasteiger partial charge in [-0.3, -0.25) is 0 Å². The van der Waals surface area contributed by atoms with Crippen LogP contribution in [-0.4, -0.2) is 28.4 Å². The summed E-state index contributed by atoms with van der Waals surface area (Å²) < 4.78 is 20.4. The molecule has 0 radical (unpaired) electrons. The summed E-state index contributed by atoms with van der Waals surface area (Å²) in [6.07, 6.45) is 4.43. The lowest BCUT2D eigenvalue weighted by Gasteiger charge is -2.26. The molecule has 0 aliphatic carbocycles. The summed E-state index contributed by atoms with van der Waals surface area (Å²) in [5.41, 5.74) is 1.82. The molecule has 2 aromatic rings. The molecule has 3 rings (SSSR count). The van der Waals surface area contributed by atoms with Crippen molar-refractivity contribution in [1.82, 2.24) is 14.7 Å². The van der Waals surface area contributed by atoms with Crippen LogP contribution in [0.1, 0.15) is 18.5 Å². The van der Waals surface area contributed by atoms with Crippen LogP contribution in [0.4, 0.5) is 4.39 Å². The summed E-state index contributed by atoms with van der Waals surface area (Å²) in [4.78, 5) is 4.46. The quantitative estimate of drug-likeness (QED) is 0.903. The Balaban J connectivity index is 1.65. The number of hydrogen-bond donors (Lipinski definition) is 1. The molecule has 1 aliphatic rings. The molecule has 0 saturated carbocycles. The molecule has 18 heavy (non-hydrogen) atoms. The fourth-order valence-electron chi connectivity index (χ4n) is 2.25. The first-order valence-corrected chi connectivity index (χ1v) is 6.24. The molecule has 0 spiro atoms. The van der Waals surface area contributed by atoms with E-state index in [0.29, 0.717) is 13.2 Å². The van der Waals surface area contributed by atoms with Crippen LogP contribution in [-0.2, 0) is 11.3 Å². The Hall–Kier alpha value is -1.46. The van der Waals surface area contributed by atoms with Crippen molar-refractivity contribution < 1.29 is 9.13 Å². The lowest BCUT2D eigenvalue weighted by atomic mass is 10.1. The van der Waals surface area contributed by atoms with Gasteiger partial charge in [-0.1, -0.05) is 6.07 Å². The van der Waals surface area contributed by atoms with E-state index in [-0.39, 0.29) is 6.04 Å². The number of nitrogens with one attached hydrogen (secondary N) is 1. The third-order valence-corrected chi connectivity index (χ3v) is 3.21. The van der Waals surface area contributed by atoms with Gasteiger partial charge in [0.25, 0.3) is 0 Å². The number of rotatable bonds is 3. The second-order valence-electron chi connectivity index (χ2n) is 4.55. The molecule has 1 saturated heterocycles. The van der Waals surface area contributed by atoms with Gasteiger partial charge in [0, 0.05) is 18.9 Å². The Labute approximate surface area is 105 Å². The van der Waals surface area contributed by atoms with E-state index < -0.39 is 6.36 Å². The van der Waals surface area contributed by atoms with Crippen LogP contribution in [0.25, 0.3) is 5.65 Å². The van der Waals surface area contributed by atoms with Gasteiger partial charge >= 0.3 is 0 Å². The minimum atomic E-state index is -1.20. The monoisotopic (exact) mass is 249 g/mol. The van der Waals surface area contributed by atoms with Gasteiger partial charge < -0.3 is 14.5 Å². The number of nitrogens with zero attached hydrogens (tertiary/aromatic N) is 2. The smallest absolute Gasteiger partial charge is 0.214 e. The number of aromatic nitrogens is 2. The number of ether oxygens (including phenoxy) is 1. The highest BCUT2D eigenvalue weighted by Crippen LogP contribution is 2.15. The van der Waals surface area contributed by atoms with E-state index in [0.717, 1.165) is 24.2 Å². The number of alkyl halides is 1.